The Bertz CT molecular complexity index is 51.1. The summed E-state index contributed by atoms with van der Waals surface area (Å²) in [6, 6.07) is 0. The number of rotatable bonds is 4. The Morgan fingerprint density at radius 1 is 0.714 bits per heavy atom. The molecule has 0 amide bonds. The van der Waals surface area contributed by atoms with Gasteiger partial charge in [0, 0.05) is 0 Å². The van der Waals surface area contributed by atoms with E-state index in [0.29, 0.717) is 0 Å². The highest BCUT2D eigenvalue weighted by Crippen LogP contribution is 2.02. The fourth-order valence-corrected chi connectivity index (χ4v) is 0.642. The van der Waals surface area contributed by atoms with Gasteiger partial charge in [-0.25, -0.2) is 0 Å². The summed E-state index contributed by atoms with van der Waals surface area (Å²) in [5.41, 5.74) is 0. The van der Waals surface area contributed by atoms with Crippen LogP contribution >= 0.6 is 0 Å². The fourth-order valence-electron chi connectivity index (χ4n) is 0.642. The van der Waals surface area contributed by atoms with Crippen LogP contribution in [0.4, 0.5) is 0 Å². The number of unbranched alkanes of at least 4 members (excludes halogenated alkanes) is 2. The number of hydrogen-bond donors (Lipinski definition) is 0. The van der Waals surface area contributed by atoms with Gasteiger partial charge in [-0.2, -0.15) is 0 Å². The molecule has 0 atom stereocenters. The van der Waals surface area contributed by atoms with Crippen molar-refractivity contribution in [1.29, 1.82) is 0 Å². The Morgan fingerprint density at radius 2 is 1.00 bits per heavy atom. The summed E-state index contributed by atoms with van der Waals surface area (Å²) in [5, 5.41) is 0. The Balaban J connectivity index is -0.000000138. The molecule has 0 unspecified atom stereocenters. The van der Waals surface area contributed by atoms with Crippen LogP contribution in [-0.4, -0.2) is 0 Å². The molecule has 0 heteroatoms. The van der Waals surface area contributed by atoms with E-state index in [-0.39, 0.29) is 0 Å². The highest BCUT2D eigenvalue weighted by molar-refractivity contribution is 4.41. The molecular formula is C14H34. The first kappa shape index (κ1) is 19.6. The largest absolute Gasteiger partial charge is 0.0656 e. The van der Waals surface area contributed by atoms with Crippen molar-refractivity contribution in [3.8, 4) is 0 Å². The smallest absolute Gasteiger partial charge is 0.0448 e. The van der Waals surface area contributed by atoms with Crippen molar-refractivity contribution >= 4 is 0 Å². The van der Waals surface area contributed by atoms with Crippen molar-refractivity contribution in [2.45, 2.75) is 87.0 Å². The molecule has 0 aromatic carbocycles. The summed E-state index contributed by atoms with van der Waals surface area (Å²) in [4.78, 5) is 0. The molecule has 0 saturated carbocycles. The molecule has 0 rings (SSSR count). The maximum Gasteiger partial charge on any atom is -0.0448 e. The highest BCUT2D eigenvalue weighted by Gasteiger charge is 1.88. The van der Waals surface area contributed by atoms with Crippen molar-refractivity contribution in [3.05, 3.63) is 0 Å². The van der Waals surface area contributed by atoms with Crippen LogP contribution in [0.2, 0.25) is 0 Å². The number of hydrogen-bond acceptors (Lipinski definition) is 0. The Hall–Kier alpha value is 0. The second-order valence-corrected chi connectivity index (χ2v) is 3.98. The molecule has 0 aliphatic rings. The summed E-state index contributed by atoms with van der Waals surface area (Å²) >= 11 is 0. The first-order chi connectivity index (χ1) is 6.64. The maximum atomic E-state index is 2.28. The van der Waals surface area contributed by atoms with Gasteiger partial charge >= 0.3 is 0 Å². The van der Waals surface area contributed by atoms with Crippen LogP contribution in [0, 0.1) is 5.92 Å². The molecular weight excluding hydrogens is 168 g/mol. The lowest BCUT2D eigenvalue weighted by molar-refractivity contribution is 0.544. The standard InChI is InChI=1S/C6H14.C5H12.C3H8/c1-4-6(3)5-2;1-3-5-4-2;1-3-2/h6H,4-5H2,1-3H3;3-5H2,1-2H3;3H2,1-2H3. The van der Waals surface area contributed by atoms with Crippen LogP contribution in [-0.2, 0) is 0 Å². The second-order valence-electron chi connectivity index (χ2n) is 3.98. The van der Waals surface area contributed by atoms with E-state index in [2.05, 4.69) is 48.5 Å². The van der Waals surface area contributed by atoms with Crippen molar-refractivity contribution in [2.75, 3.05) is 0 Å². The van der Waals surface area contributed by atoms with Crippen LogP contribution in [0.25, 0.3) is 0 Å². The van der Waals surface area contributed by atoms with Crippen LogP contribution < -0.4 is 0 Å². The first-order valence-electron chi connectivity index (χ1n) is 6.64. The monoisotopic (exact) mass is 202 g/mol. The third-order valence-electron chi connectivity index (χ3n) is 2.10. The summed E-state index contributed by atoms with van der Waals surface area (Å²) in [7, 11) is 0. The fraction of sp³-hybridized carbons (Fsp3) is 1.00. The van der Waals surface area contributed by atoms with E-state index in [1.165, 1.54) is 38.5 Å². The molecule has 0 heterocycles. The molecule has 0 nitrogen and oxygen atoms in total. The van der Waals surface area contributed by atoms with Gasteiger partial charge in [-0.15, -0.1) is 0 Å². The normalized spacial score (nSPS) is 8.57. The topological polar surface area (TPSA) is 0 Å². The van der Waals surface area contributed by atoms with Crippen LogP contribution in [0.1, 0.15) is 87.0 Å². The molecule has 0 radical (unpaired) electrons. The molecule has 14 heavy (non-hydrogen) atoms. The SMILES string of the molecule is CCC.CCC(C)CC.CCCCC. The van der Waals surface area contributed by atoms with Crippen molar-refractivity contribution in [3.63, 3.8) is 0 Å². The van der Waals surface area contributed by atoms with E-state index in [4.69, 9.17) is 0 Å². The van der Waals surface area contributed by atoms with E-state index >= 15 is 0 Å². The minimum Gasteiger partial charge on any atom is -0.0656 e. The molecule has 0 saturated heterocycles. The van der Waals surface area contributed by atoms with Gasteiger partial charge in [0.25, 0.3) is 0 Å². The third-order valence-corrected chi connectivity index (χ3v) is 2.10. The molecule has 0 fully saturated rings. The predicted octanol–water partition coefficient (Wildman–Crippen LogP) is 6.06. The van der Waals surface area contributed by atoms with E-state index in [0.717, 1.165) is 5.92 Å². The van der Waals surface area contributed by atoms with Gasteiger partial charge in [0.2, 0.25) is 0 Å². The predicted molar refractivity (Wildman–Crippen MR) is 70.9 cm³/mol. The second kappa shape index (κ2) is 23.1. The van der Waals surface area contributed by atoms with Gasteiger partial charge in [-0.1, -0.05) is 87.0 Å². The van der Waals surface area contributed by atoms with Crippen molar-refractivity contribution < 1.29 is 0 Å². The molecule has 0 bridgehead atoms. The molecule has 90 valence electrons. The van der Waals surface area contributed by atoms with Gasteiger partial charge in [0.15, 0.2) is 0 Å². The van der Waals surface area contributed by atoms with Gasteiger partial charge in [0.1, 0.15) is 0 Å². The zero-order chi connectivity index (χ0) is 11.8. The molecule has 0 aromatic rings. The maximum absolute atomic E-state index is 2.28. The summed E-state index contributed by atoms with van der Waals surface area (Å²) in [6.07, 6.45) is 7.99. The van der Waals surface area contributed by atoms with E-state index in [1.54, 1.807) is 0 Å². The zero-order valence-corrected chi connectivity index (χ0v) is 11.8. The lowest BCUT2D eigenvalue weighted by Gasteiger charge is -1.98. The molecule has 0 N–H and O–H groups in total. The Kier molecular flexibility index (Phi) is 32.3. The molecule has 0 spiro atoms. The van der Waals surface area contributed by atoms with E-state index in [1.807, 2.05) is 0 Å². The van der Waals surface area contributed by atoms with Crippen LogP contribution in [0.15, 0.2) is 0 Å². The molecule has 0 aliphatic heterocycles. The summed E-state index contributed by atoms with van der Waals surface area (Å²) in [5.74, 6) is 0.935. The van der Waals surface area contributed by atoms with Gasteiger partial charge in [-0.05, 0) is 5.92 Å². The average Bonchev–Trinajstić information content (AvgIpc) is 2.20. The minimum atomic E-state index is 0.935. The highest BCUT2D eigenvalue weighted by atomic mass is 13.9. The summed E-state index contributed by atoms with van der Waals surface area (Å²) < 4.78 is 0. The van der Waals surface area contributed by atoms with E-state index in [9.17, 15) is 0 Å². The van der Waals surface area contributed by atoms with Crippen LogP contribution in [0.5, 0.6) is 0 Å². The van der Waals surface area contributed by atoms with Crippen molar-refractivity contribution in [1.82, 2.24) is 0 Å². The van der Waals surface area contributed by atoms with Crippen molar-refractivity contribution in [2.24, 2.45) is 5.92 Å². The molecule has 0 aromatic heterocycles. The lowest BCUT2D eigenvalue weighted by atomic mass is 10.1. The zero-order valence-electron chi connectivity index (χ0n) is 11.8. The van der Waals surface area contributed by atoms with E-state index < -0.39 is 0 Å². The Labute approximate surface area is 93.5 Å². The quantitative estimate of drug-likeness (QED) is 0.520. The summed E-state index contributed by atoms with van der Waals surface area (Å²) in [6.45, 7) is 15.4. The van der Waals surface area contributed by atoms with Gasteiger partial charge < -0.3 is 0 Å². The van der Waals surface area contributed by atoms with Gasteiger partial charge in [0.05, 0.1) is 0 Å². The van der Waals surface area contributed by atoms with Crippen LogP contribution in [0.3, 0.4) is 0 Å². The molecule has 0 aliphatic carbocycles. The average molecular weight is 202 g/mol. The third kappa shape index (κ3) is 40.3. The Morgan fingerprint density at radius 3 is 1.00 bits per heavy atom. The first-order valence-corrected chi connectivity index (χ1v) is 6.64. The van der Waals surface area contributed by atoms with Gasteiger partial charge in [-0.3, -0.25) is 0 Å². The lowest BCUT2D eigenvalue weighted by Crippen LogP contribution is -1.85. The minimum absolute atomic E-state index is 0.935.